The number of nitrogens with zero attached hydrogens (tertiary/aromatic N) is 6. The number of hydrogen-bond donors (Lipinski definition) is 0. The van der Waals surface area contributed by atoms with Gasteiger partial charge in [-0.1, -0.05) is 17.7 Å². The van der Waals surface area contributed by atoms with Gasteiger partial charge in [-0.15, -0.1) is 0 Å². The zero-order valence-electron chi connectivity index (χ0n) is 14.3. The van der Waals surface area contributed by atoms with Gasteiger partial charge in [0.1, 0.15) is 0 Å². The number of imidazole rings is 1. The molecule has 0 bridgehead atoms. The molecule has 5 rings (SSSR count). The summed E-state index contributed by atoms with van der Waals surface area (Å²) in [6, 6.07) is 13.5. The van der Waals surface area contributed by atoms with Crippen molar-refractivity contribution in [1.82, 2.24) is 29.5 Å². The van der Waals surface area contributed by atoms with E-state index in [1.54, 1.807) is 23.1 Å². The Morgan fingerprint density at radius 2 is 1.85 bits per heavy atom. The summed E-state index contributed by atoms with van der Waals surface area (Å²) in [7, 11) is 0. The quantitative estimate of drug-likeness (QED) is 0.460. The largest absolute Gasteiger partial charge is 0.255 e. The predicted molar refractivity (Wildman–Crippen MR) is 104 cm³/mol. The lowest BCUT2D eigenvalue weighted by Gasteiger charge is -2.07. The van der Waals surface area contributed by atoms with Gasteiger partial charge in [0.2, 0.25) is 0 Å². The van der Waals surface area contributed by atoms with E-state index in [9.17, 15) is 0 Å². The Balaban J connectivity index is 1.72. The van der Waals surface area contributed by atoms with Crippen LogP contribution in [0.15, 0.2) is 61.1 Å². The van der Waals surface area contributed by atoms with Gasteiger partial charge in [-0.25, -0.2) is 19.5 Å². The Morgan fingerprint density at radius 3 is 2.70 bits per heavy atom. The Labute approximate surface area is 159 Å². The maximum absolute atomic E-state index is 6.17. The maximum atomic E-state index is 6.17. The van der Waals surface area contributed by atoms with Gasteiger partial charge < -0.3 is 0 Å². The normalized spacial score (nSPS) is 11.3. The lowest BCUT2D eigenvalue weighted by molar-refractivity contribution is 0.908. The molecule has 5 aromatic rings. The summed E-state index contributed by atoms with van der Waals surface area (Å²) in [5.74, 6) is 0. The molecule has 5 heterocycles. The highest BCUT2D eigenvalue weighted by Gasteiger charge is 2.14. The molecule has 7 heteroatoms. The third-order valence-electron chi connectivity index (χ3n) is 4.42. The Morgan fingerprint density at radius 1 is 0.926 bits per heavy atom. The molecular weight excluding hydrogens is 360 g/mol. The highest BCUT2D eigenvalue weighted by molar-refractivity contribution is 6.31. The number of aryl methyl sites for hydroxylation is 1. The van der Waals surface area contributed by atoms with Crippen LogP contribution in [-0.4, -0.2) is 29.5 Å². The molecule has 0 aliphatic rings. The average molecular weight is 373 g/mol. The maximum Gasteiger partial charge on any atom is 0.160 e. The summed E-state index contributed by atoms with van der Waals surface area (Å²) in [5, 5.41) is 6.08. The molecule has 0 aliphatic heterocycles. The number of rotatable bonds is 2. The van der Waals surface area contributed by atoms with E-state index < -0.39 is 0 Å². The molecule has 0 saturated carbocycles. The standard InChI is InChI=1S/C20H13ClN6/c1-12-15(21)10-19-24-11-18(27(19)26-12)13-7-9-23-20-14(13)5-6-17(25-20)16-4-2-3-8-22-16/h2-11H,1H3. The second-order valence-electron chi connectivity index (χ2n) is 6.13. The molecule has 0 aliphatic carbocycles. The molecule has 0 atom stereocenters. The van der Waals surface area contributed by atoms with Crippen LogP contribution >= 0.6 is 11.6 Å². The fourth-order valence-corrected chi connectivity index (χ4v) is 3.21. The lowest BCUT2D eigenvalue weighted by Crippen LogP contribution is -1.98. The summed E-state index contributed by atoms with van der Waals surface area (Å²) < 4.78 is 1.79. The van der Waals surface area contributed by atoms with Gasteiger partial charge in [-0.05, 0) is 37.3 Å². The fraction of sp³-hybridized carbons (Fsp3) is 0.0500. The van der Waals surface area contributed by atoms with Gasteiger partial charge in [0.25, 0.3) is 0 Å². The number of halogens is 1. The summed E-state index contributed by atoms with van der Waals surface area (Å²) in [6.07, 6.45) is 5.29. The number of hydrogen-bond acceptors (Lipinski definition) is 5. The molecule has 0 fully saturated rings. The fourth-order valence-electron chi connectivity index (χ4n) is 3.07. The second-order valence-corrected chi connectivity index (χ2v) is 6.54. The number of pyridine rings is 3. The van der Waals surface area contributed by atoms with Gasteiger partial charge in [-0.3, -0.25) is 4.98 Å². The van der Waals surface area contributed by atoms with Crippen molar-refractivity contribution in [2.45, 2.75) is 6.92 Å². The van der Waals surface area contributed by atoms with Crippen molar-refractivity contribution in [3.63, 3.8) is 0 Å². The molecule has 27 heavy (non-hydrogen) atoms. The average Bonchev–Trinajstić information content (AvgIpc) is 3.10. The van der Waals surface area contributed by atoms with Crippen molar-refractivity contribution in [3.8, 4) is 22.6 Å². The topological polar surface area (TPSA) is 68.9 Å². The van der Waals surface area contributed by atoms with Crippen LogP contribution in [0.1, 0.15) is 5.69 Å². The van der Waals surface area contributed by atoms with E-state index in [4.69, 9.17) is 11.6 Å². The van der Waals surface area contributed by atoms with Crippen LogP contribution in [0.5, 0.6) is 0 Å². The van der Waals surface area contributed by atoms with E-state index in [-0.39, 0.29) is 0 Å². The third kappa shape index (κ3) is 2.62. The van der Waals surface area contributed by atoms with Crippen molar-refractivity contribution >= 4 is 28.3 Å². The molecule has 0 unspecified atom stereocenters. The highest BCUT2D eigenvalue weighted by Crippen LogP contribution is 2.29. The van der Waals surface area contributed by atoms with Crippen LogP contribution in [0.4, 0.5) is 0 Å². The van der Waals surface area contributed by atoms with E-state index in [1.807, 2.05) is 49.4 Å². The first kappa shape index (κ1) is 15.8. The smallest absolute Gasteiger partial charge is 0.160 e. The van der Waals surface area contributed by atoms with Gasteiger partial charge in [0, 0.05) is 29.4 Å². The van der Waals surface area contributed by atoms with Gasteiger partial charge in [0.15, 0.2) is 11.3 Å². The van der Waals surface area contributed by atoms with E-state index in [0.29, 0.717) is 16.3 Å². The molecule has 0 aromatic carbocycles. The summed E-state index contributed by atoms with van der Waals surface area (Å²) >= 11 is 6.17. The van der Waals surface area contributed by atoms with Crippen LogP contribution in [-0.2, 0) is 0 Å². The van der Waals surface area contributed by atoms with Crippen molar-refractivity contribution in [2.24, 2.45) is 0 Å². The van der Waals surface area contributed by atoms with Crippen molar-refractivity contribution in [2.75, 3.05) is 0 Å². The molecule has 5 aromatic heterocycles. The molecule has 130 valence electrons. The Kier molecular flexibility index (Phi) is 3.58. The van der Waals surface area contributed by atoms with E-state index in [2.05, 4.69) is 25.0 Å². The van der Waals surface area contributed by atoms with Gasteiger partial charge in [0.05, 0.1) is 34.0 Å². The van der Waals surface area contributed by atoms with Crippen molar-refractivity contribution in [1.29, 1.82) is 0 Å². The first-order chi connectivity index (χ1) is 13.2. The summed E-state index contributed by atoms with van der Waals surface area (Å²) in [5.41, 5.74) is 5.52. The third-order valence-corrected chi connectivity index (χ3v) is 4.80. The molecule has 0 saturated heterocycles. The van der Waals surface area contributed by atoms with E-state index in [1.165, 1.54) is 0 Å². The molecule has 6 nitrogen and oxygen atoms in total. The van der Waals surface area contributed by atoms with E-state index in [0.717, 1.165) is 33.7 Å². The van der Waals surface area contributed by atoms with Crippen LogP contribution in [0, 0.1) is 6.92 Å². The molecule has 0 amide bonds. The van der Waals surface area contributed by atoms with Crippen LogP contribution < -0.4 is 0 Å². The lowest BCUT2D eigenvalue weighted by atomic mass is 10.1. The minimum Gasteiger partial charge on any atom is -0.255 e. The van der Waals surface area contributed by atoms with Crippen LogP contribution in [0.3, 0.4) is 0 Å². The monoisotopic (exact) mass is 372 g/mol. The number of aromatic nitrogens is 6. The van der Waals surface area contributed by atoms with Gasteiger partial charge in [-0.2, -0.15) is 5.10 Å². The second kappa shape index (κ2) is 6.10. The zero-order valence-corrected chi connectivity index (χ0v) is 15.1. The van der Waals surface area contributed by atoms with E-state index >= 15 is 0 Å². The first-order valence-electron chi connectivity index (χ1n) is 8.39. The summed E-state index contributed by atoms with van der Waals surface area (Å²) in [4.78, 5) is 17.9. The van der Waals surface area contributed by atoms with Crippen LogP contribution in [0.25, 0.3) is 39.3 Å². The minimum atomic E-state index is 0.598. The van der Waals surface area contributed by atoms with Crippen LogP contribution in [0.2, 0.25) is 5.02 Å². The number of fused-ring (bicyclic) bond motifs is 2. The van der Waals surface area contributed by atoms with Crippen molar-refractivity contribution in [3.05, 3.63) is 71.8 Å². The molecule has 0 N–H and O–H groups in total. The zero-order chi connectivity index (χ0) is 18.4. The molecule has 0 spiro atoms. The summed E-state index contributed by atoms with van der Waals surface area (Å²) in [6.45, 7) is 1.87. The highest BCUT2D eigenvalue weighted by atomic mass is 35.5. The SMILES string of the molecule is Cc1nn2c(-c3ccnc4nc(-c5ccccn5)ccc34)cnc2cc1Cl. The van der Waals surface area contributed by atoms with Gasteiger partial charge >= 0.3 is 0 Å². The minimum absolute atomic E-state index is 0.598. The Bertz CT molecular complexity index is 1300. The Hall–Kier alpha value is -3.38. The predicted octanol–water partition coefficient (Wildman–Crippen LogP) is 4.36. The van der Waals surface area contributed by atoms with Crippen molar-refractivity contribution < 1.29 is 0 Å². The molecular formula is C20H13ClN6. The molecule has 0 radical (unpaired) electrons. The first-order valence-corrected chi connectivity index (χ1v) is 8.77.